The smallest absolute Gasteiger partial charge is 0.241 e. The van der Waals surface area contributed by atoms with E-state index in [9.17, 15) is 18.0 Å². The molecule has 3 rings (SSSR count). The predicted octanol–water partition coefficient (Wildman–Crippen LogP) is 1.48. The molecule has 2 aromatic rings. The fraction of sp³-hybridized carbons (Fsp3) is 0.231. The Labute approximate surface area is 117 Å². The molecule has 1 amide bonds. The molecule has 110 valence electrons. The lowest BCUT2D eigenvalue weighted by Gasteiger charge is -2.22. The summed E-state index contributed by atoms with van der Waals surface area (Å²) in [6, 6.07) is 0.898. The maximum Gasteiger partial charge on any atom is 0.241 e. The minimum Gasteiger partial charge on any atom is -0.347 e. The van der Waals surface area contributed by atoms with Crippen molar-refractivity contribution in [2.45, 2.75) is 19.0 Å². The number of fused-ring (bicyclic) bond motifs is 1. The van der Waals surface area contributed by atoms with Gasteiger partial charge in [0.05, 0.1) is 23.8 Å². The molecule has 2 heterocycles. The predicted molar refractivity (Wildman–Crippen MR) is 67.9 cm³/mol. The third-order valence-corrected chi connectivity index (χ3v) is 3.30. The van der Waals surface area contributed by atoms with Crippen molar-refractivity contribution in [3.8, 4) is 0 Å². The number of carbonyl (C=O) groups is 1. The van der Waals surface area contributed by atoms with Crippen molar-refractivity contribution < 1.29 is 18.0 Å². The highest BCUT2D eigenvalue weighted by atomic mass is 19.2. The van der Waals surface area contributed by atoms with Crippen molar-refractivity contribution in [2.24, 2.45) is 0 Å². The second-order valence-electron chi connectivity index (χ2n) is 4.71. The van der Waals surface area contributed by atoms with Crippen molar-refractivity contribution in [1.29, 1.82) is 0 Å². The summed E-state index contributed by atoms with van der Waals surface area (Å²) in [5, 5.41) is 5.33. The number of hydrogen-bond donors (Lipinski definition) is 3. The van der Waals surface area contributed by atoms with Crippen LogP contribution in [-0.4, -0.2) is 21.9 Å². The Morgan fingerprint density at radius 3 is 2.71 bits per heavy atom. The second-order valence-corrected chi connectivity index (χ2v) is 4.71. The van der Waals surface area contributed by atoms with Gasteiger partial charge in [-0.25, -0.2) is 18.2 Å². The number of benzene rings is 1. The molecule has 0 saturated heterocycles. The Kier molecular flexibility index (Phi) is 3.38. The van der Waals surface area contributed by atoms with Crippen LogP contribution in [0.5, 0.6) is 0 Å². The first-order valence-electron chi connectivity index (χ1n) is 6.24. The molecule has 1 aromatic heterocycles. The third kappa shape index (κ3) is 2.62. The molecule has 0 saturated carbocycles. The molecule has 1 aromatic carbocycles. The van der Waals surface area contributed by atoms with Gasteiger partial charge in [-0.05, 0) is 0 Å². The average Bonchev–Trinajstić information content (AvgIpc) is 2.91. The normalized spacial score (nSPS) is 17.4. The van der Waals surface area contributed by atoms with Gasteiger partial charge in [0.1, 0.15) is 0 Å². The van der Waals surface area contributed by atoms with Crippen LogP contribution in [0.4, 0.5) is 18.9 Å². The Morgan fingerprint density at radius 1 is 1.29 bits per heavy atom. The van der Waals surface area contributed by atoms with E-state index in [1.54, 1.807) is 0 Å². The highest BCUT2D eigenvalue weighted by Crippen LogP contribution is 2.18. The van der Waals surface area contributed by atoms with E-state index in [1.807, 2.05) is 0 Å². The third-order valence-electron chi connectivity index (χ3n) is 3.30. The van der Waals surface area contributed by atoms with Gasteiger partial charge in [-0.2, -0.15) is 0 Å². The van der Waals surface area contributed by atoms with Crippen LogP contribution in [0.3, 0.4) is 0 Å². The number of carbonyl (C=O) groups excluding carboxylic acids is 1. The monoisotopic (exact) mass is 296 g/mol. The van der Waals surface area contributed by atoms with Crippen LogP contribution in [0.2, 0.25) is 0 Å². The first-order valence-corrected chi connectivity index (χ1v) is 6.24. The van der Waals surface area contributed by atoms with Crippen LogP contribution in [0.1, 0.15) is 11.4 Å². The van der Waals surface area contributed by atoms with Crippen molar-refractivity contribution in [1.82, 2.24) is 15.3 Å². The summed E-state index contributed by atoms with van der Waals surface area (Å²) in [5.74, 6) is -4.73. The lowest BCUT2D eigenvalue weighted by molar-refractivity contribution is -0.118. The van der Waals surface area contributed by atoms with Crippen molar-refractivity contribution in [3.05, 3.63) is 47.3 Å². The summed E-state index contributed by atoms with van der Waals surface area (Å²) >= 11 is 0. The molecule has 0 radical (unpaired) electrons. The van der Waals surface area contributed by atoms with Crippen LogP contribution < -0.4 is 10.6 Å². The van der Waals surface area contributed by atoms with Gasteiger partial charge in [-0.15, -0.1) is 0 Å². The zero-order chi connectivity index (χ0) is 15.0. The Bertz CT molecular complexity index is 677. The van der Waals surface area contributed by atoms with Gasteiger partial charge in [0.15, 0.2) is 17.5 Å². The molecule has 5 nitrogen and oxygen atoms in total. The summed E-state index contributed by atoms with van der Waals surface area (Å²) in [6.45, 7) is 0.444. The number of nitrogens with zero attached hydrogens (tertiary/aromatic N) is 1. The van der Waals surface area contributed by atoms with Gasteiger partial charge in [-0.1, -0.05) is 0 Å². The zero-order valence-electron chi connectivity index (χ0n) is 10.7. The molecule has 0 aliphatic carbocycles. The number of amides is 1. The van der Waals surface area contributed by atoms with Gasteiger partial charge in [0, 0.05) is 30.8 Å². The van der Waals surface area contributed by atoms with Gasteiger partial charge in [-0.3, -0.25) is 10.1 Å². The van der Waals surface area contributed by atoms with Crippen molar-refractivity contribution in [2.75, 3.05) is 5.32 Å². The van der Waals surface area contributed by atoms with Crippen molar-refractivity contribution in [3.63, 3.8) is 0 Å². The SMILES string of the molecule is O=C(Nc1cc(F)c(F)c(F)c1)C1Cc2nc[nH]c2CN1. The van der Waals surface area contributed by atoms with Crippen LogP contribution >= 0.6 is 0 Å². The first kappa shape index (κ1) is 13.6. The zero-order valence-corrected chi connectivity index (χ0v) is 10.7. The number of hydrogen-bond acceptors (Lipinski definition) is 3. The lowest BCUT2D eigenvalue weighted by Crippen LogP contribution is -2.44. The Balaban J connectivity index is 1.73. The molecule has 1 aliphatic rings. The number of imidazole rings is 1. The van der Waals surface area contributed by atoms with Crippen LogP contribution in [0.15, 0.2) is 18.5 Å². The molecule has 0 fully saturated rings. The number of H-pyrrole nitrogens is 1. The minimum atomic E-state index is -1.56. The van der Waals surface area contributed by atoms with E-state index in [1.165, 1.54) is 6.33 Å². The largest absolute Gasteiger partial charge is 0.347 e. The molecule has 0 bridgehead atoms. The maximum absolute atomic E-state index is 13.1. The number of aromatic nitrogens is 2. The van der Waals surface area contributed by atoms with E-state index in [-0.39, 0.29) is 5.69 Å². The summed E-state index contributed by atoms with van der Waals surface area (Å²) in [5.41, 5.74) is 1.54. The van der Waals surface area contributed by atoms with Gasteiger partial charge < -0.3 is 10.3 Å². The van der Waals surface area contributed by atoms with Gasteiger partial charge in [0.2, 0.25) is 5.91 Å². The molecule has 21 heavy (non-hydrogen) atoms. The number of rotatable bonds is 2. The van der Waals surface area contributed by atoms with E-state index in [2.05, 4.69) is 20.6 Å². The maximum atomic E-state index is 13.1. The fourth-order valence-electron chi connectivity index (χ4n) is 2.21. The Hall–Kier alpha value is -2.35. The van der Waals surface area contributed by atoms with Crippen LogP contribution in [0.25, 0.3) is 0 Å². The fourth-order valence-corrected chi connectivity index (χ4v) is 2.21. The second kappa shape index (κ2) is 5.21. The first-order chi connectivity index (χ1) is 10.0. The molecule has 1 unspecified atom stereocenters. The van der Waals surface area contributed by atoms with E-state index >= 15 is 0 Å². The number of aromatic amines is 1. The number of anilines is 1. The van der Waals surface area contributed by atoms with E-state index < -0.39 is 29.4 Å². The highest BCUT2D eigenvalue weighted by molar-refractivity contribution is 5.95. The summed E-state index contributed by atoms with van der Waals surface area (Å²) < 4.78 is 39.0. The topological polar surface area (TPSA) is 69.8 Å². The molecule has 8 heteroatoms. The molecule has 0 spiro atoms. The molecular formula is C13H11F3N4O. The van der Waals surface area contributed by atoms with Gasteiger partial charge >= 0.3 is 0 Å². The van der Waals surface area contributed by atoms with E-state index in [0.29, 0.717) is 13.0 Å². The summed E-state index contributed by atoms with van der Waals surface area (Å²) in [6.07, 6.45) is 1.90. The molecular weight excluding hydrogens is 285 g/mol. The standard InChI is InChI=1S/C13H11F3N4O/c14-7-1-6(2-8(15)12(7)16)20-13(21)10-3-9-11(4-17-10)19-5-18-9/h1-2,5,10,17H,3-4H2,(H,18,19)(H,20,21). The lowest BCUT2D eigenvalue weighted by atomic mass is 10.0. The van der Waals surface area contributed by atoms with E-state index in [4.69, 9.17) is 0 Å². The Morgan fingerprint density at radius 2 is 2.00 bits per heavy atom. The van der Waals surface area contributed by atoms with Gasteiger partial charge in [0.25, 0.3) is 0 Å². The minimum absolute atomic E-state index is 0.133. The average molecular weight is 296 g/mol. The molecule has 1 atom stereocenters. The summed E-state index contributed by atoms with van der Waals surface area (Å²) in [7, 11) is 0. The van der Waals surface area contributed by atoms with Crippen LogP contribution in [-0.2, 0) is 17.8 Å². The van der Waals surface area contributed by atoms with Crippen LogP contribution in [0, 0.1) is 17.5 Å². The van der Waals surface area contributed by atoms with Crippen molar-refractivity contribution >= 4 is 11.6 Å². The quantitative estimate of drug-likeness (QED) is 0.735. The molecule has 1 aliphatic heterocycles. The number of halogens is 3. The number of nitrogens with one attached hydrogen (secondary N) is 3. The van der Waals surface area contributed by atoms with E-state index in [0.717, 1.165) is 23.5 Å². The highest BCUT2D eigenvalue weighted by Gasteiger charge is 2.26. The summed E-state index contributed by atoms with van der Waals surface area (Å²) in [4.78, 5) is 19.1. The molecule has 3 N–H and O–H groups in total.